The van der Waals surface area contributed by atoms with Crippen LogP contribution in [0.4, 0.5) is 5.82 Å². The van der Waals surface area contributed by atoms with Crippen LogP contribution in [-0.4, -0.2) is 65.9 Å². The first-order valence-corrected chi connectivity index (χ1v) is 8.98. The number of carbonyl (C=O) groups excluding carboxylic acids is 2. The number of aromatic nitrogens is 1. The average Bonchev–Trinajstić information content (AvgIpc) is 2.73. The number of anilines is 1. The Bertz CT molecular complexity index is 772. The van der Waals surface area contributed by atoms with Crippen LogP contribution in [0.2, 0.25) is 0 Å². The van der Waals surface area contributed by atoms with Gasteiger partial charge in [0.25, 0.3) is 5.91 Å². The van der Waals surface area contributed by atoms with Gasteiger partial charge in [-0.1, -0.05) is 6.07 Å². The Morgan fingerprint density at radius 1 is 1.07 bits per heavy atom. The van der Waals surface area contributed by atoms with Crippen molar-refractivity contribution in [3.8, 4) is 5.75 Å². The van der Waals surface area contributed by atoms with Crippen molar-refractivity contribution in [1.29, 1.82) is 0 Å². The van der Waals surface area contributed by atoms with Crippen molar-refractivity contribution in [2.24, 2.45) is 0 Å². The molecule has 2 heterocycles. The summed E-state index contributed by atoms with van der Waals surface area (Å²) in [6, 6.07) is 12.2. The van der Waals surface area contributed by atoms with Crippen molar-refractivity contribution in [3.05, 3.63) is 54.2 Å². The molecule has 0 spiro atoms. The van der Waals surface area contributed by atoms with Gasteiger partial charge in [-0.15, -0.1) is 0 Å². The number of nitrogens with zero attached hydrogens (tertiary/aromatic N) is 3. The van der Waals surface area contributed by atoms with Crippen LogP contribution >= 0.6 is 0 Å². The molecule has 1 aromatic carbocycles. The Kier molecular flexibility index (Phi) is 6.03. The van der Waals surface area contributed by atoms with Gasteiger partial charge in [0.1, 0.15) is 11.6 Å². The maximum absolute atomic E-state index is 12.6. The number of ether oxygens (including phenoxy) is 1. The van der Waals surface area contributed by atoms with Crippen LogP contribution in [0.5, 0.6) is 5.75 Å². The first-order chi connectivity index (χ1) is 13.1. The van der Waals surface area contributed by atoms with Gasteiger partial charge in [0.15, 0.2) is 0 Å². The number of rotatable bonds is 5. The lowest BCUT2D eigenvalue weighted by Crippen LogP contribution is -2.54. The zero-order valence-corrected chi connectivity index (χ0v) is 15.6. The second-order valence-corrected chi connectivity index (χ2v) is 6.44. The summed E-state index contributed by atoms with van der Waals surface area (Å²) in [4.78, 5) is 33.1. The fraction of sp³-hybridized carbons (Fsp3) is 0.350. The van der Waals surface area contributed by atoms with Crippen LogP contribution in [0.3, 0.4) is 0 Å². The summed E-state index contributed by atoms with van der Waals surface area (Å²) in [5, 5.41) is 2.83. The molecule has 0 saturated carbocycles. The zero-order valence-electron chi connectivity index (χ0n) is 15.6. The van der Waals surface area contributed by atoms with Gasteiger partial charge in [0.05, 0.1) is 13.2 Å². The maximum Gasteiger partial charge on any atom is 0.253 e. The van der Waals surface area contributed by atoms with Crippen LogP contribution in [-0.2, 0) is 4.79 Å². The Morgan fingerprint density at radius 3 is 2.37 bits per heavy atom. The van der Waals surface area contributed by atoms with E-state index in [1.807, 2.05) is 17.9 Å². The molecule has 1 saturated heterocycles. The van der Waals surface area contributed by atoms with Crippen molar-refractivity contribution < 1.29 is 14.3 Å². The Labute approximate surface area is 158 Å². The molecule has 0 radical (unpaired) electrons. The van der Waals surface area contributed by atoms with E-state index in [4.69, 9.17) is 4.74 Å². The largest absolute Gasteiger partial charge is 0.497 e. The summed E-state index contributed by atoms with van der Waals surface area (Å²) in [7, 11) is 1.60. The van der Waals surface area contributed by atoms with Crippen LogP contribution in [0, 0.1) is 0 Å². The quantitative estimate of drug-likeness (QED) is 0.872. The predicted octanol–water partition coefficient (Wildman–Crippen LogP) is 1.88. The molecule has 1 aromatic heterocycles. The third-order valence-electron chi connectivity index (χ3n) is 4.78. The smallest absolute Gasteiger partial charge is 0.253 e. The molecule has 3 rings (SSSR count). The van der Waals surface area contributed by atoms with Gasteiger partial charge in [-0.2, -0.15) is 0 Å². The molecule has 2 amide bonds. The summed E-state index contributed by atoms with van der Waals surface area (Å²) in [6.07, 6.45) is 1.64. The van der Waals surface area contributed by atoms with Crippen molar-refractivity contribution in [3.63, 3.8) is 0 Å². The molecular weight excluding hydrogens is 344 g/mol. The van der Waals surface area contributed by atoms with E-state index in [2.05, 4.69) is 15.2 Å². The van der Waals surface area contributed by atoms with Gasteiger partial charge in [-0.05, 0) is 43.3 Å². The van der Waals surface area contributed by atoms with Gasteiger partial charge in [0, 0.05) is 37.9 Å². The molecule has 0 unspecified atom stereocenters. The van der Waals surface area contributed by atoms with Crippen molar-refractivity contribution in [2.45, 2.75) is 13.0 Å². The number of hydrogen-bond donors (Lipinski definition) is 1. The molecule has 1 atom stereocenters. The normalized spacial score (nSPS) is 15.9. The van der Waals surface area contributed by atoms with Crippen LogP contribution < -0.4 is 10.1 Å². The third-order valence-corrected chi connectivity index (χ3v) is 4.78. The predicted molar refractivity (Wildman–Crippen MR) is 103 cm³/mol. The molecule has 1 N–H and O–H groups in total. The maximum atomic E-state index is 12.6. The number of amides is 2. The van der Waals surface area contributed by atoms with E-state index in [1.165, 1.54) is 0 Å². The number of hydrogen-bond acceptors (Lipinski definition) is 5. The zero-order chi connectivity index (χ0) is 19.2. The molecule has 1 aliphatic heterocycles. The average molecular weight is 368 g/mol. The number of methoxy groups -OCH3 is 1. The van der Waals surface area contributed by atoms with Gasteiger partial charge >= 0.3 is 0 Å². The van der Waals surface area contributed by atoms with Crippen LogP contribution in [0.15, 0.2) is 48.7 Å². The van der Waals surface area contributed by atoms with Crippen molar-refractivity contribution >= 4 is 17.6 Å². The van der Waals surface area contributed by atoms with Crippen LogP contribution in [0.25, 0.3) is 0 Å². The summed E-state index contributed by atoms with van der Waals surface area (Å²) in [5.41, 5.74) is 0.644. The highest BCUT2D eigenvalue weighted by atomic mass is 16.5. The Morgan fingerprint density at radius 2 is 1.78 bits per heavy atom. The number of piperazine rings is 1. The SMILES string of the molecule is COc1ccc(C(=O)N2CCN([C@@H](C)C(=O)Nc3ccccn3)CC2)cc1. The fourth-order valence-corrected chi connectivity index (χ4v) is 3.06. The van der Waals surface area contributed by atoms with E-state index in [0.29, 0.717) is 37.6 Å². The monoisotopic (exact) mass is 368 g/mol. The highest BCUT2D eigenvalue weighted by Gasteiger charge is 2.28. The number of nitrogens with one attached hydrogen (secondary N) is 1. The molecule has 0 aliphatic carbocycles. The van der Waals surface area contributed by atoms with Crippen molar-refractivity contribution in [1.82, 2.24) is 14.8 Å². The molecule has 0 bridgehead atoms. The van der Waals surface area contributed by atoms with Gasteiger partial charge in [-0.3, -0.25) is 14.5 Å². The summed E-state index contributed by atoms with van der Waals surface area (Å²) >= 11 is 0. The second kappa shape index (κ2) is 8.64. The molecule has 2 aromatic rings. The molecule has 1 aliphatic rings. The van der Waals surface area contributed by atoms with E-state index >= 15 is 0 Å². The highest BCUT2D eigenvalue weighted by molar-refractivity contribution is 5.95. The number of benzene rings is 1. The number of carbonyl (C=O) groups is 2. The van der Waals surface area contributed by atoms with E-state index < -0.39 is 0 Å². The topological polar surface area (TPSA) is 74.8 Å². The molecule has 1 fully saturated rings. The molecule has 142 valence electrons. The van der Waals surface area contributed by atoms with Crippen molar-refractivity contribution in [2.75, 3.05) is 38.6 Å². The summed E-state index contributed by atoms with van der Waals surface area (Å²) < 4.78 is 5.13. The Balaban J connectivity index is 1.53. The van der Waals surface area contributed by atoms with Gasteiger partial charge < -0.3 is 15.0 Å². The summed E-state index contributed by atoms with van der Waals surface area (Å²) in [6.45, 7) is 4.36. The van der Waals surface area contributed by atoms with E-state index in [-0.39, 0.29) is 17.9 Å². The lowest BCUT2D eigenvalue weighted by atomic mass is 10.1. The Hall–Kier alpha value is -2.93. The first-order valence-electron chi connectivity index (χ1n) is 8.98. The standard InChI is InChI=1S/C20H24N4O3/c1-15(19(25)22-18-5-3-4-10-21-18)23-11-13-24(14-12-23)20(26)16-6-8-17(27-2)9-7-16/h3-10,15H,11-14H2,1-2H3,(H,21,22,25)/t15-/m0/s1. The summed E-state index contributed by atoms with van der Waals surface area (Å²) in [5.74, 6) is 1.18. The molecule has 7 heteroatoms. The molecule has 27 heavy (non-hydrogen) atoms. The second-order valence-electron chi connectivity index (χ2n) is 6.44. The lowest BCUT2D eigenvalue weighted by molar-refractivity contribution is -0.121. The molecular formula is C20H24N4O3. The van der Waals surface area contributed by atoms with E-state index in [9.17, 15) is 9.59 Å². The van der Waals surface area contributed by atoms with E-state index in [1.54, 1.807) is 49.7 Å². The minimum Gasteiger partial charge on any atom is -0.497 e. The minimum atomic E-state index is -0.287. The van der Waals surface area contributed by atoms with E-state index in [0.717, 1.165) is 5.75 Å². The van der Waals surface area contributed by atoms with Crippen LogP contribution in [0.1, 0.15) is 17.3 Å². The number of pyridine rings is 1. The fourth-order valence-electron chi connectivity index (χ4n) is 3.06. The lowest BCUT2D eigenvalue weighted by Gasteiger charge is -2.37. The van der Waals surface area contributed by atoms with Gasteiger partial charge in [-0.25, -0.2) is 4.98 Å². The third kappa shape index (κ3) is 4.62. The molecule has 7 nitrogen and oxygen atoms in total. The minimum absolute atomic E-state index is 0.00268. The highest BCUT2D eigenvalue weighted by Crippen LogP contribution is 2.15. The first kappa shape index (κ1) is 18.8. The van der Waals surface area contributed by atoms with Gasteiger partial charge in [0.2, 0.25) is 5.91 Å².